The second-order valence-electron chi connectivity index (χ2n) is 5.65. The number of likely N-dealkylation sites (N-methyl/N-ethyl adjacent to an activating group) is 1. The van der Waals surface area contributed by atoms with Crippen LogP contribution in [0.25, 0.3) is 0 Å². The third kappa shape index (κ3) is 7.63. The molecule has 1 N–H and O–H groups in total. The highest BCUT2D eigenvalue weighted by Crippen LogP contribution is 2.32. The number of carbonyl (C=O) groups excluding carboxylic acids is 2. The molecule has 4 heteroatoms. The predicted molar refractivity (Wildman–Crippen MR) is 83.7 cm³/mol. The van der Waals surface area contributed by atoms with Crippen molar-refractivity contribution in [3.63, 3.8) is 0 Å². The molecule has 1 amide bonds. The van der Waals surface area contributed by atoms with Gasteiger partial charge in [0.15, 0.2) is 0 Å². The molecule has 0 heterocycles. The molecule has 0 spiro atoms. The zero-order valence-electron chi connectivity index (χ0n) is 13.9. The molecule has 1 fully saturated rings. The van der Waals surface area contributed by atoms with E-state index in [-0.39, 0.29) is 23.5 Å². The topological polar surface area (TPSA) is 49.4 Å². The summed E-state index contributed by atoms with van der Waals surface area (Å²) >= 11 is 0. The number of amides is 1. The van der Waals surface area contributed by atoms with Crippen molar-refractivity contribution in [2.45, 2.75) is 52.9 Å². The van der Waals surface area contributed by atoms with Gasteiger partial charge in [0.05, 0.1) is 0 Å². The number of Topliss-reactive ketones (excluding diaryl/α,β-unsaturated/α-hetero) is 1. The third-order valence-electron chi connectivity index (χ3n) is 3.65. The van der Waals surface area contributed by atoms with Gasteiger partial charge in [-0.15, -0.1) is 0 Å². The Bertz CT molecular complexity index is 290. The van der Waals surface area contributed by atoms with Gasteiger partial charge < -0.3 is 15.0 Å². The van der Waals surface area contributed by atoms with Gasteiger partial charge in [0.2, 0.25) is 5.91 Å². The van der Waals surface area contributed by atoms with E-state index in [0.29, 0.717) is 13.0 Å². The van der Waals surface area contributed by atoms with Gasteiger partial charge in [-0.3, -0.25) is 4.79 Å². The van der Waals surface area contributed by atoms with Crippen molar-refractivity contribution in [1.29, 1.82) is 0 Å². The second kappa shape index (κ2) is 10.8. The standard InChI is InChI=1S/C14H26N2O2.C2H6/c1-11(17)10-12-6-4-5-7-13(12)14(18)15-8-9-16(2)3;1-2/h12-13H,4-10H2,1-3H3,(H,15,18);1-2H3. The summed E-state index contributed by atoms with van der Waals surface area (Å²) < 4.78 is 0. The van der Waals surface area contributed by atoms with Crippen LogP contribution in [-0.4, -0.2) is 43.8 Å². The number of ketones is 1. The molecule has 20 heavy (non-hydrogen) atoms. The van der Waals surface area contributed by atoms with Crippen LogP contribution in [0.4, 0.5) is 0 Å². The van der Waals surface area contributed by atoms with Crippen molar-refractivity contribution in [3.8, 4) is 0 Å². The van der Waals surface area contributed by atoms with E-state index < -0.39 is 0 Å². The van der Waals surface area contributed by atoms with Crippen LogP contribution >= 0.6 is 0 Å². The molecule has 0 aromatic carbocycles. The first kappa shape index (κ1) is 19.1. The Morgan fingerprint density at radius 2 is 1.75 bits per heavy atom. The smallest absolute Gasteiger partial charge is 0.223 e. The van der Waals surface area contributed by atoms with Crippen LogP contribution in [0.2, 0.25) is 0 Å². The second-order valence-corrected chi connectivity index (χ2v) is 5.65. The number of hydrogen-bond acceptors (Lipinski definition) is 3. The summed E-state index contributed by atoms with van der Waals surface area (Å²) in [5.74, 6) is 0.649. The molecule has 0 aliphatic heterocycles. The maximum atomic E-state index is 12.1. The normalized spacial score (nSPS) is 21.9. The summed E-state index contributed by atoms with van der Waals surface area (Å²) in [5, 5.41) is 3.00. The fourth-order valence-electron chi connectivity index (χ4n) is 2.70. The van der Waals surface area contributed by atoms with Crippen LogP contribution in [0, 0.1) is 11.8 Å². The lowest BCUT2D eigenvalue weighted by Crippen LogP contribution is -2.40. The van der Waals surface area contributed by atoms with Crippen LogP contribution in [-0.2, 0) is 9.59 Å². The lowest BCUT2D eigenvalue weighted by atomic mass is 9.76. The maximum Gasteiger partial charge on any atom is 0.223 e. The molecule has 1 saturated carbocycles. The zero-order chi connectivity index (χ0) is 15.5. The summed E-state index contributed by atoms with van der Waals surface area (Å²) in [6.07, 6.45) is 4.78. The highest BCUT2D eigenvalue weighted by Gasteiger charge is 2.31. The van der Waals surface area contributed by atoms with Crippen LogP contribution in [0.1, 0.15) is 52.9 Å². The van der Waals surface area contributed by atoms with Crippen LogP contribution in [0.5, 0.6) is 0 Å². The molecule has 0 aromatic heterocycles. The van der Waals surface area contributed by atoms with Crippen molar-refractivity contribution in [3.05, 3.63) is 0 Å². The molecule has 1 aliphatic carbocycles. The Morgan fingerprint density at radius 1 is 1.15 bits per heavy atom. The Labute approximate surface area is 124 Å². The summed E-state index contributed by atoms with van der Waals surface area (Å²) in [7, 11) is 3.98. The number of hydrogen-bond donors (Lipinski definition) is 1. The van der Waals surface area contributed by atoms with Crippen LogP contribution < -0.4 is 5.32 Å². The Balaban J connectivity index is 0.00000172. The minimum absolute atomic E-state index is 0.0461. The van der Waals surface area contributed by atoms with E-state index >= 15 is 0 Å². The molecule has 0 saturated heterocycles. The van der Waals surface area contributed by atoms with Crippen molar-refractivity contribution in [2.75, 3.05) is 27.2 Å². The monoisotopic (exact) mass is 284 g/mol. The molecule has 0 bridgehead atoms. The Kier molecular flexibility index (Phi) is 10.3. The summed E-state index contributed by atoms with van der Waals surface area (Å²) in [6, 6.07) is 0. The molecule has 118 valence electrons. The van der Waals surface area contributed by atoms with Gasteiger partial charge in [-0.2, -0.15) is 0 Å². The van der Waals surface area contributed by atoms with Crippen LogP contribution in [0.3, 0.4) is 0 Å². The zero-order valence-corrected chi connectivity index (χ0v) is 13.9. The lowest BCUT2D eigenvalue weighted by molar-refractivity contribution is -0.128. The molecule has 4 nitrogen and oxygen atoms in total. The van der Waals surface area contributed by atoms with E-state index in [1.807, 2.05) is 32.8 Å². The minimum atomic E-state index is 0.0461. The fourth-order valence-corrected chi connectivity index (χ4v) is 2.70. The number of nitrogens with one attached hydrogen (secondary N) is 1. The van der Waals surface area contributed by atoms with Crippen molar-refractivity contribution in [2.24, 2.45) is 11.8 Å². The predicted octanol–water partition coefficient (Wildman–Crippen LogP) is 2.48. The van der Waals surface area contributed by atoms with Gasteiger partial charge in [0, 0.05) is 25.4 Å². The minimum Gasteiger partial charge on any atom is -0.355 e. The van der Waals surface area contributed by atoms with Crippen molar-refractivity contribution >= 4 is 11.7 Å². The highest BCUT2D eigenvalue weighted by molar-refractivity contribution is 5.81. The largest absolute Gasteiger partial charge is 0.355 e. The van der Waals surface area contributed by atoms with Gasteiger partial charge in [0.1, 0.15) is 5.78 Å². The lowest BCUT2D eigenvalue weighted by Gasteiger charge is -2.30. The van der Waals surface area contributed by atoms with E-state index in [2.05, 4.69) is 5.32 Å². The highest BCUT2D eigenvalue weighted by atomic mass is 16.2. The van der Waals surface area contributed by atoms with Gasteiger partial charge in [-0.1, -0.05) is 26.7 Å². The molecule has 2 atom stereocenters. The van der Waals surface area contributed by atoms with E-state index in [1.165, 1.54) is 0 Å². The first-order valence-corrected chi connectivity index (χ1v) is 7.92. The Morgan fingerprint density at radius 3 is 2.30 bits per heavy atom. The average Bonchev–Trinajstić information content (AvgIpc) is 2.40. The van der Waals surface area contributed by atoms with Crippen molar-refractivity contribution in [1.82, 2.24) is 10.2 Å². The van der Waals surface area contributed by atoms with E-state index in [4.69, 9.17) is 0 Å². The molecule has 1 rings (SSSR count). The maximum absolute atomic E-state index is 12.1. The van der Waals surface area contributed by atoms with Gasteiger partial charge in [-0.05, 0) is 39.8 Å². The first-order valence-electron chi connectivity index (χ1n) is 7.92. The summed E-state index contributed by atoms with van der Waals surface area (Å²) in [6.45, 7) is 7.17. The number of carbonyl (C=O) groups is 2. The SMILES string of the molecule is CC.CC(=O)CC1CCCCC1C(=O)NCCN(C)C. The molecule has 1 aliphatic rings. The molecular formula is C16H32N2O2. The molecular weight excluding hydrogens is 252 g/mol. The average molecular weight is 284 g/mol. The van der Waals surface area contributed by atoms with Gasteiger partial charge in [0.25, 0.3) is 0 Å². The molecule has 0 radical (unpaired) electrons. The number of rotatable bonds is 6. The number of nitrogens with zero attached hydrogens (tertiary/aromatic N) is 1. The summed E-state index contributed by atoms with van der Waals surface area (Å²) in [4.78, 5) is 25.4. The van der Waals surface area contributed by atoms with Crippen molar-refractivity contribution < 1.29 is 9.59 Å². The van der Waals surface area contributed by atoms with Crippen LogP contribution in [0.15, 0.2) is 0 Å². The van der Waals surface area contributed by atoms with E-state index in [0.717, 1.165) is 32.2 Å². The van der Waals surface area contributed by atoms with Gasteiger partial charge >= 0.3 is 0 Å². The summed E-state index contributed by atoms with van der Waals surface area (Å²) in [5.41, 5.74) is 0. The molecule has 2 unspecified atom stereocenters. The fraction of sp³-hybridized carbons (Fsp3) is 0.875. The quantitative estimate of drug-likeness (QED) is 0.815. The van der Waals surface area contributed by atoms with E-state index in [1.54, 1.807) is 6.92 Å². The van der Waals surface area contributed by atoms with E-state index in [9.17, 15) is 9.59 Å². The van der Waals surface area contributed by atoms with Gasteiger partial charge in [-0.25, -0.2) is 0 Å². The molecule has 0 aromatic rings. The third-order valence-corrected chi connectivity index (χ3v) is 3.65. The Hall–Kier alpha value is -0.900. The first-order chi connectivity index (χ1) is 9.50.